The van der Waals surface area contributed by atoms with Crippen molar-refractivity contribution in [2.75, 3.05) is 13.2 Å². The van der Waals surface area contributed by atoms with Crippen LogP contribution in [0, 0.1) is 0 Å². The van der Waals surface area contributed by atoms with Crippen LogP contribution in [-0.4, -0.2) is 69.2 Å². The van der Waals surface area contributed by atoms with Crippen LogP contribution in [0.4, 0.5) is 4.79 Å². The molecule has 8 heteroatoms. The van der Waals surface area contributed by atoms with E-state index < -0.39 is 43.7 Å². The van der Waals surface area contributed by atoms with Crippen molar-refractivity contribution < 1.29 is 35.1 Å². The first kappa shape index (κ1) is 18.3. The number of aliphatic hydroxyl groups excluding tert-OH is 5. The number of hydrogen-bond acceptors (Lipinski definition) is 7. The van der Waals surface area contributed by atoms with Crippen molar-refractivity contribution in [1.29, 1.82) is 0 Å². The molecule has 1 aromatic rings. The predicted molar refractivity (Wildman–Crippen MR) is 75.7 cm³/mol. The van der Waals surface area contributed by atoms with Crippen LogP contribution < -0.4 is 5.32 Å². The van der Waals surface area contributed by atoms with E-state index in [4.69, 9.17) is 14.9 Å². The van der Waals surface area contributed by atoms with Crippen LogP contribution >= 0.6 is 0 Å². The van der Waals surface area contributed by atoms with Crippen molar-refractivity contribution in [1.82, 2.24) is 5.32 Å². The Balaban J connectivity index is 2.49. The molecule has 8 nitrogen and oxygen atoms in total. The molecular weight excluding hydrogens is 294 g/mol. The fourth-order valence-corrected chi connectivity index (χ4v) is 1.73. The van der Waals surface area contributed by atoms with Gasteiger partial charge in [0.05, 0.1) is 19.3 Å². The minimum Gasteiger partial charge on any atom is -0.445 e. The predicted octanol–water partition coefficient (Wildman–Crippen LogP) is -1.65. The summed E-state index contributed by atoms with van der Waals surface area (Å²) in [4.78, 5) is 11.6. The molecule has 0 aliphatic rings. The standard InChI is InChI=1S/C14H21NO7/c16-6-10(12(19)13(20)11(18)7-17)15-14(21)22-8-9-4-2-1-3-5-9/h1-5,10-13,16-20H,6-8H2,(H,15,21)/t10-,11+,12+,13+/m0/s1. The number of benzene rings is 1. The Kier molecular flexibility index (Phi) is 7.78. The van der Waals surface area contributed by atoms with Gasteiger partial charge < -0.3 is 35.6 Å². The van der Waals surface area contributed by atoms with Gasteiger partial charge in [0.15, 0.2) is 0 Å². The molecule has 0 fully saturated rings. The smallest absolute Gasteiger partial charge is 0.407 e. The Morgan fingerprint density at radius 1 is 1.05 bits per heavy atom. The van der Waals surface area contributed by atoms with Gasteiger partial charge in [0.25, 0.3) is 0 Å². The van der Waals surface area contributed by atoms with Gasteiger partial charge in [-0.2, -0.15) is 0 Å². The molecular formula is C14H21NO7. The lowest BCUT2D eigenvalue weighted by atomic mass is 10.0. The zero-order chi connectivity index (χ0) is 16.5. The highest BCUT2D eigenvalue weighted by atomic mass is 16.5. The number of aliphatic hydroxyl groups is 5. The first-order chi connectivity index (χ1) is 10.5. The largest absolute Gasteiger partial charge is 0.445 e. The van der Waals surface area contributed by atoms with Gasteiger partial charge in [0.2, 0.25) is 0 Å². The van der Waals surface area contributed by atoms with Gasteiger partial charge in [0, 0.05) is 0 Å². The maximum atomic E-state index is 11.6. The molecule has 22 heavy (non-hydrogen) atoms. The lowest BCUT2D eigenvalue weighted by Crippen LogP contribution is -2.54. The minimum absolute atomic E-state index is 0.00271. The van der Waals surface area contributed by atoms with Crippen LogP contribution in [0.25, 0.3) is 0 Å². The molecule has 1 aromatic carbocycles. The summed E-state index contributed by atoms with van der Waals surface area (Å²) < 4.78 is 4.91. The van der Waals surface area contributed by atoms with Crippen molar-refractivity contribution in [3.8, 4) is 0 Å². The van der Waals surface area contributed by atoms with E-state index in [1.54, 1.807) is 24.3 Å². The second-order valence-corrected chi connectivity index (χ2v) is 4.73. The molecule has 6 N–H and O–H groups in total. The summed E-state index contributed by atoms with van der Waals surface area (Å²) in [5.74, 6) is 0. The minimum atomic E-state index is -1.73. The topological polar surface area (TPSA) is 139 Å². The number of ether oxygens (including phenoxy) is 1. The van der Waals surface area contributed by atoms with Crippen LogP contribution in [-0.2, 0) is 11.3 Å². The summed E-state index contributed by atoms with van der Waals surface area (Å²) in [7, 11) is 0. The number of rotatable bonds is 8. The monoisotopic (exact) mass is 315 g/mol. The van der Waals surface area contributed by atoms with Gasteiger partial charge in [-0.15, -0.1) is 0 Å². The molecule has 0 aliphatic heterocycles. The van der Waals surface area contributed by atoms with E-state index in [9.17, 15) is 20.1 Å². The van der Waals surface area contributed by atoms with Crippen LogP contribution in [0.3, 0.4) is 0 Å². The summed E-state index contributed by atoms with van der Waals surface area (Å²) in [6.45, 7) is -1.45. The molecule has 4 atom stereocenters. The third kappa shape index (κ3) is 5.58. The molecule has 0 radical (unpaired) electrons. The zero-order valence-corrected chi connectivity index (χ0v) is 11.9. The second-order valence-electron chi connectivity index (χ2n) is 4.73. The molecule has 124 valence electrons. The third-order valence-corrected chi connectivity index (χ3v) is 3.06. The SMILES string of the molecule is O=C(N[C@@H](CO)[C@@H](O)[C@H](O)[C@H](O)CO)OCc1ccccc1. The molecule has 0 aliphatic carbocycles. The first-order valence-corrected chi connectivity index (χ1v) is 6.72. The van der Waals surface area contributed by atoms with Crippen LogP contribution in [0.2, 0.25) is 0 Å². The van der Waals surface area contributed by atoms with Crippen molar-refractivity contribution in [3.63, 3.8) is 0 Å². The quantitative estimate of drug-likeness (QED) is 0.338. The molecule has 1 amide bonds. The number of amides is 1. The zero-order valence-electron chi connectivity index (χ0n) is 11.9. The lowest BCUT2D eigenvalue weighted by molar-refractivity contribution is -0.0910. The van der Waals surface area contributed by atoms with Gasteiger partial charge in [-0.1, -0.05) is 30.3 Å². The molecule has 0 heterocycles. The molecule has 0 unspecified atom stereocenters. The molecule has 0 saturated heterocycles. The van der Waals surface area contributed by atoms with Crippen LogP contribution in [0.5, 0.6) is 0 Å². The lowest BCUT2D eigenvalue weighted by Gasteiger charge is -2.28. The van der Waals surface area contributed by atoms with Gasteiger partial charge >= 0.3 is 6.09 Å². The normalized spacial score (nSPS) is 16.4. The summed E-state index contributed by atoms with van der Waals surface area (Å²) in [5, 5.41) is 48.6. The summed E-state index contributed by atoms with van der Waals surface area (Å²) in [6.07, 6.45) is -5.88. The van der Waals surface area contributed by atoms with E-state index in [1.165, 1.54) is 0 Å². The molecule has 0 aromatic heterocycles. The Bertz CT molecular complexity index is 442. The van der Waals surface area contributed by atoms with E-state index in [1.807, 2.05) is 6.07 Å². The number of nitrogens with one attached hydrogen (secondary N) is 1. The maximum Gasteiger partial charge on any atom is 0.407 e. The molecule has 1 rings (SSSR count). The fraction of sp³-hybridized carbons (Fsp3) is 0.500. The van der Waals surface area contributed by atoms with Gasteiger partial charge in [-0.25, -0.2) is 4.79 Å². The van der Waals surface area contributed by atoms with Crippen LogP contribution in [0.1, 0.15) is 5.56 Å². The van der Waals surface area contributed by atoms with Gasteiger partial charge in [0.1, 0.15) is 24.9 Å². The average Bonchev–Trinajstić information content (AvgIpc) is 2.56. The summed E-state index contributed by atoms with van der Waals surface area (Å²) in [5.41, 5.74) is 0.759. The molecule has 0 saturated carbocycles. The number of carbonyl (C=O) groups excluding carboxylic acids is 1. The van der Waals surface area contributed by atoms with E-state index in [0.717, 1.165) is 5.56 Å². The van der Waals surface area contributed by atoms with Gasteiger partial charge in [-0.05, 0) is 5.56 Å². The number of alkyl carbamates (subject to hydrolysis) is 1. The summed E-state index contributed by atoms with van der Waals surface area (Å²) >= 11 is 0. The van der Waals surface area contributed by atoms with E-state index in [2.05, 4.69) is 5.32 Å². The number of hydrogen-bond donors (Lipinski definition) is 6. The third-order valence-electron chi connectivity index (χ3n) is 3.06. The Morgan fingerprint density at radius 3 is 2.23 bits per heavy atom. The highest BCUT2D eigenvalue weighted by Gasteiger charge is 2.32. The van der Waals surface area contributed by atoms with Crippen molar-refractivity contribution >= 4 is 6.09 Å². The Morgan fingerprint density at radius 2 is 1.68 bits per heavy atom. The van der Waals surface area contributed by atoms with E-state index in [0.29, 0.717) is 0 Å². The van der Waals surface area contributed by atoms with E-state index in [-0.39, 0.29) is 6.61 Å². The fourth-order valence-electron chi connectivity index (χ4n) is 1.73. The van der Waals surface area contributed by atoms with E-state index >= 15 is 0 Å². The molecule has 0 spiro atoms. The van der Waals surface area contributed by atoms with Crippen LogP contribution in [0.15, 0.2) is 30.3 Å². The van der Waals surface area contributed by atoms with Crippen molar-refractivity contribution in [2.45, 2.75) is 31.0 Å². The number of carbonyl (C=O) groups is 1. The Hall–Kier alpha value is -1.71. The molecule has 0 bridgehead atoms. The Labute approximate surface area is 127 Å². The highest BCUT2D eigenvalue weighted by molar-refractivity contribution is 5.67. The highest BCUT2D eigenvalue weighted by Crippen LogP contribution is 2.06. The second kappa shape index (κ2) is 9.34. The van der Waals surface area contributed by atoms with Gasteiger partial charge in [-0.3, -0.25) is 0 Å². The maximum absolute atomic E-state index is 11.6. The first-order valence-electron chi connectivity index (χ1n) is 6.72. The van der Waals surface area contributed by atoms with Crippen molar-refractivity contribution in [2.24, 2.45) is 0 Å². The summed E-state index contributed by atoms with van der Waals surface area (Å²) in [6, 6.07) is 7.64. The average molecular weight is 315 g/mol. The van der Waals surface area contributed by atoms with Crippen molar-refractivity contribution in [3.05, 3.63) is 35.9 Å².